The van der Waals surface area contributed by atoms with E-state index in [0.29, 0.717) is 10.6 Å². The SMILES string of the molecule is CC(NC(=O)c1ccccc1)C(=O)OC(C)C(=O)Nc1ncc(Cl)cc1Cl. The zero-order valence-electron chi connectivity index (χ0n) is 14.5. The molecular formula is C18H17Cl2N3O4. The lowest BCUT2D eigenvalue weighted by molar-refractivity contribution is -0.154. The largest absolute Gasteiger partial charge is 0.451 e. The summed E-state index contributed by atoms with van der Waals surface area (Å²) in [5, 5.41) is 5.43. The number of anilines is 1. The maximum Gasteiger partial charge on any atom is 0.329 e. The number of ether oxygens (including phenoxy) is 1. The van der Waals surface area contributed by atoms with Crippen molar-refractivity contribution in [1.29, 1.82) is 0 Å². The van der Waals surface area contributed by atoms with Crippen molar-refractivity contribution in [2.75, 3.05) is 5.32 Å². The van der Waals surface area contributed by atoms with Gasteiger partial charge in [0.05, 0.1) is 10.0 Å². The molecule has 0 fully saturated rings. The molecule has 9 heteroatoms. The fourth-order valence-corrected chi connectivity index (χ4v) is 2.41. The molecule has 1 aromatic heterocycles. The molecule has 0 aliphatic carbocycles. The first-order valence-electron chi connectivity index (χ1n) is 7.96. The molecule has 0 aliphatic rings. The number of rotatable bonds is 6. The van der Waals surface area contributed by atoms with E-state index in [0.717, 1.165) is 0 Å². The van der Waals surface area contributed by atoms with Crippen LogP contribution in [0, 0.1) is 0 Å². The standard InChI is InChI=1S/C18H17Cl2N3O4/c1-10(22-17(25)12-6-4-3-5-7-12)18(26)27-11(2)16(24)23-15-14(20)8-13(19)9-21-15/h3-11H,1-2H3,(H,22,25)(H,21,23,24). The Kier molecular flexibility index (Phi) is 7.15. The van der Waals surface area contributed by atoms with E-state index >= 15 is 0 Å². The van der Waals surface area contributed by atoms with Crippen molar-refractivity contribution in [3.05, 3.63) is 58.2 Å². The molecule has 2 amide bonds. The summed E-state index contributed by atoms with van der Waals surface area (Å²) in [4.78, 5) is 40.2. The zero-order chi connectivity index (χ0) is 20.0. The van der Waals surface area contributed by atoms with Gasteiger partial charge in [-0.15, -0.1) is 0 Å². The lowest BCUT2D eigenvalue weighted by Crippen LogP contribution is -2.42. The van der Waals surface area contributed by atoms with Crippen molar-refractivity contribution < 1.29 is 19.1 Å². The monoisotopic (exact) mass is 409 g/mol. The van der Waals surface area contributed by atoms with Crippen LogP contribution in [0.15, 0.2) is 42.6 Å². The Morgan fingerprint density at radius 3 is 2.41 bits per heavy atom. The van der Waals surface area contributed by atoms with Crippen molar-refractivity contribution in [2.45, 2.75) is 26.0 Å². The molecule has 27 heavy (non-hydrogen) atoms. The second-order valence-corrected chi connectivity index (χ2v) is 6.46. The minimum absolute atomic E-state index is 0.0967. The number of halogens is 2. The first kappa shape index (κ1) is 20.7. The predicted molar refractivity (Wildman–Crippen MR) is 102 cm³/mol. The van der Waals surface area contributed by atoms with Gasteiger partial charge < -0.3 is 15.4 Å². The van der Waals surface area contributed by atoms with Gasteiger partial charge in [-0.1, -0.05) is 41.4 Å². The third kappa shape index (κ3) is 5.94. The van der Waals surface area contributed by atoms with Crippen molar-refractivity contribution in [3.8, 4) is 0 Å². The summed E-state index contributed by atoms with van der Waals surface area (Å²) in [7, 11) is 0. The number of carbonyl (C=O) groups excluding carboxylic acids is 3. The van der Waals surface area contributed by atoms with E-state index in [1.807, 2.05) is 0 Å². The van der Waals surface area contributed by atoms with Crippen LogP contribution in [0.4, 0.5) is 5.82 Å². The molecule has 0 saturated carbocycles. The predicted octanol–water partition coefficient (Wildman–Crippen LogP) is 3.08. The first-order chi connectivity index (χ1) is 12.8. The van der Waals surface area contributed by atoms with Crippen LogP contribution in [0.5, 0.6) is 0 Å². The molecule has 2 N–H and O–H groups in total. The topological polar surface area (TPSA) is 97.4 Å². The van der Waals surface area contributed by atoms with E-state index in [1.54, 1.807) is 30.3 Å². The third-order valence-electron chi connectivity index (χ3n) is 3.45. The number of esters is 1. The summed E-state index contributed by atoms with van der Waals surface area (Å²) in [6.07, 6.45) is 0.197. The maximum absolute atomic E-state index is 12.1. The summed E-state index contributed by atoms with van der Waals surface area (Å²) >= 11 is 11.7. The number of amides is 2. The molecule has 0 spiro atoms. The van der Waals surface area contributed by atoms with Crippen LogP contribution < -0.4 is 10.6 Å². The van der Waals surface area contributed by atoms with Crippen LogP contribution in [-0.4, -0.2) is 34.9 Å². The molecule has 0 radical (unpaired) electrons. The van der Waals surface area contributed by atoms with E-state index in [1.165, 1.54) is 26.1 Å². The molecule has 2 aromatic rings. The minimum atomic E-state index is -1.12. The Morgan fingerprint density at radius 2 is 1.78 bits per heavy atom. The lowest BCUT2D eigenvalue weighted by atomic mass is 10.2. The van der Waals surface area contributed by atoms with Crippen LogP contribution in [0.25, 0.3) is 0 Å². The van der Waals surface area contributed by atoms with Crippen LogP contribution in [-0.2, 0) is 14.3 Å². The highest BCUT2D eigenvalue weighted by Gasteiger charge is 2.24. The lowest BCUT2D eigenvalue weighted by Gasteiger charge is -2.17. The van der Waals surface area contributed by atoms with Gasteiger partial charge in [0.2, 0.25) is 0 Å². The van der Waals surface area contributed by atoms with Crippen LogP contribution >= 0.6 is 23.2 Å². The van der Waals surface area contributed by atoms with Crippen LogP contribution in [0.3, 0.4) is 0 Å². The molecule has 2 unspecified atom stereocenters. The van der Waals surface area contributed by atoms with Crippen LogP contribution in [0.2, 0.25) is 10.0 Å². The molecule has 2 rings (SSSR count). The number of nitrogens with one attached hydrogen (secondary N) is 2. The van der Waals surface area contributed by atoms with Crippen molar-refractivity contribution in [1.82, 2.24) is 10.3 Å². The Labute approximate surface area is 166 Å². The van der Waals surface area contributed by atoms with E-state index in [-0.39, 0.29) is 10.8 Å². The number of carbonyl (C=O) groups is 3. The summed E-state index contributed by atoms with van der Waals surface area (Å²) in [6.45, 7) is 2.86. The smallest absolute Gasteiger partial charge is 0.329 e. The van der Waals surface area contributed by atoms with Gasteiger partial charge in [-0.3, -0.25) is 9.59 Å². The van der Waals surface area contributed by atoms with E-state index in [2.05, 4.69) is 15.6 Å². The Morgan fingerprint density at radius 1 is 1.11 bits per heavy atom. The van der Waals surface area contributed by atoms with Crippen LogP contribution in [0.1, 0.15) is 24.2 Å². The average molecular weight is 410 g/mol. The molecule has 1 aromatic carbocycles. The molecule has 2 atom stereocenters. The highest BCUT2D eigenvalue weighted by molar-refractivity contribution is 6.36. The van der Waals surface area contributed by atoms with Crippen molar-refractivity contribution in [3.63, 3.8) is 0 Å². The Hall–Kier alpha value is -2.64. The molecule has 0 bridgehead atoms. The van der Waals surface area contributed by atoms with Crippen molar-refractivity contribution >= 4 is 46.8 Å². The summed E-state index contributed by atoms with van der Waals surface area (Å²) in [5.41, 5.74) is 0.409. The number of hydrogen-bond acceptors (Lipinski definition) is 5. The van der Waals surface area contributed by atoms with Gasteiger partial charge in [0, 0.05) is 11.8 Å². The van der Waals surface area contributed by atoms with Gasteiger partial charge >= 0.3 is 5.97 Å². The molecule has 142 valence electrons. The average Bonchev–Trinajstić information content (AvgIpc) is 2.64. The number of benzene rings is 1. The minimum Gasteiger partial charge on any atom is -0.451 e. The normalized spacial score (nSPS) is 12.6. The Balaban J connectivity index is 1.89. The van der Waals surface area contributed by atoms with Gasteiger partial charge in [0.15, 0.2) is 11.9 Å². The van der Waals surface area contributed by atoms with Gasteiger partial charge in [0.25, 0.3) is 11.8 Å². The maximum atomic E-state index is 12.1. The highest BCUT2D eigenvalue weighted by atomic mass is 35.5. The zero-order valence-corrected chi connectivity index (χ0v) is 16.0. The molecule has 1 heterocycles. The van der Waals surface area contributed by atoms with E-state index in [9.17, 15) is 14.4 Å². The number of hydrogen-bond donors (Lipinski definition) is 2. The third-order valence-corrected chi connectivity index (χ3v) is 3.94. The first-order valence-corrected chi connectivity index (χ1v) is 8.72. The molecule has 0 aliphatic heterocycles. The summed E-state index contributed by atoms with van der Waals surface area (Å²) < 4.78 is 5.08. The van der Waals surface area contributed by atoms with Gasteiger partial charge in [-0.2, -0.15) is 0 Å². The van der Waals surface area contributed by atoms with E-state index < -0.39 is 29.9 Å². The highest BCUT2D eigenvalue weighted by Crippen LogP contribution is 2.22. The quantitative estimate of drug-likeness (QED) is 0.714. The van der Waals surface area contributed by atoms with E-state index in [4.69, 9.17) is 27.9 Å². The second kappa shape index (κ2) is 9.34. The van der Waals surface area contributed by atoms with Gasteiger partial charge in [0.1, 0.15) is 6.04 Å². The number of aromatic nitrogens is 1. The summed E-state index contributed by atoms with van der Waals surface area (Å²) in [6, 6.07) is 8.91. The number of pyridine rings is 1. The van der Waals surface area contributed by atoms with Gasteiger partial charge in [-0.25, -0.2) is 9.78 Å². The fourth-order valence-electron chi connectivity index (χ4n) is 1.98. The second-order valence-electron chi connectivity index (χ2n) is 5.61. The molecular weight excluding hydrogens is 393 g/mol. The van der Waals surface area contributed by atoms with Crippen molar-refractivity contribution in [2.24, 2.45) is 0 Å². The molecule has 7 nitrogen and oxygen atoms in total. The van der Waals surface area contributed by atoms with Gasteiger partial charge in [-0.05, 0) is 32.0 Å². The Bertz CT molecular complexity index is 846. The summed E-state index contributed by atoms with van der Waals surface area (Å²) in [5.74, 6) is -1.70. The number of nitrogens with zero attached hydrogens (tertiary/aromatic N) is 1. The molecule has 0 saturated heterocycles. The fraction of sp³-hybridized carbons (Fsp3) is 0.222.